The summed E-state index contributed by atoms with van der Waals surface area (Å²) in [6, 6.07) is 2.14. The van der Waals surface area contributed by atoms with Gasteiger partial charge in [0.25, 0.3) is 0 Å². The maximum Gasteiger partial charge on any atom is 0.0999 e. The highest BCUT2D eigenvalue weighted by atomic mass is 16.3. The summed E-state index contributed by atoms with van der Waals surface area (Å²) in [5.74, 6) is 0.733. The first-order chi connectivity index (χ1) is 8.55. The monoisotopic (exact) mass is 248 g/mol. The van der Waals surface area contributed by atoms with E-state index in [1.807, 2.05) is 18.5 Å². The first-order valence-corrected chi connectivity index (χ1v) is 6.45. The summed E-state index contributed by atoms with van der Waals surface area (Å²) >= 11 is 0. The zero-order chi connectivity index (χ0) is 13.2. The van der Waals surface area contributed by atoms with E-state index in [9.17, 15) is 5.11 Å². The van der Waals surface area contributed by atoms with E-state index in [-0.39, 0.29) is 12.0 Å². The van der Waals surface area contributed by atoms with Gasteiger partial charge in [-0.15, -0.1) is 5.10 Å². The van der Waals surface area contributed by atoms with E-state index in [0.717, 1.165) is 23.7 Å². The molecule has 18 heavy (non-hydrogen) atoms. The average molecular weight is 248 g/mol. The molecule has 98 valence electrons. The summed E-state index contributed by atoms with van der Waals surface area (Å²) < 4.78 is 1.88. The Morgan fingerprint density at radius 2 is 2.22 bits per heavy atom. The summed E-state index contributed by atoms with van der Waals surface area (Å²) in [5.41, 5.74) is 1.68. The van der Waals surface area contributed by atoms with Gasteiger partial charge in [-0.2, -0.15) is 5.26 Å². The molecule has 1 N–H and O–H groups in total. The number of nitriles is 1. The van der Waals surface area contributed by atoms with Crippen molar-refractivity contribution in [3.63, 3.8) is 0 Å². The van der Waals surface area contributed by atoms with E-state index in [0.29, 0.717) is 13.0 Å². The minimum atomic E-state index is -0.212. The minimum Gasteiger partial charge on any atom is -0.396 e. The highest BCUT2D eigenvalue weighted by Crippen LogP contribution is 2.33. The molecule has 1 aromatic heterocycles. The first kappa shape index (κ1) is 13.0. The Morgan fingerprint density at radius 3 is 2.78 bits per heavy atom. The van der Waals surface area contributed by atoms with E-state index in [1.54, 1.807) is 0 Å². The average Bonchev–Trinajstić information content (AvgIpc) is 3.07. The van der Waals surface area contributed by atoms with Crippen LogP contribution >= 0.6 is 0 Å². The van der Waals surface area contributed by atoms with Crippen LogP contribution in [-0.2, 0) is 19.4 Å². The number of aliphatic hydroxyl groups excluding tert-OH is 1. The van der Waals surface area contributed by atoms with Crippen molar-refractivity contribution < 1.29 is 5.11 Å². The third-order valence-electron chi connectivity index (χ3n) is 3.35. The second-order valence-corrected chi connectivity index (χ2v) is 5.95. The molecule has 0 bridgehead atoms. The molecule has 1 fully saturated rings. The molecule has 0 saturated heterocycles. The van der Waals surface area contributed by atoms with E-state index in [1.165, 1.54) is 12.8 Å². The molecule has 1 aliphatic carbocycles. The second kappa shape index (κ2) is 5.07. The van der Waals surface area contributed by atoms with E-state index < -0.39 is 0 Å². The molecule has 5 nitrogen and oxygen atoms in total. The lowest BCUT2D eigenvalue weighted by Crippen LogP contribution is -2.25. The quantitative estimate of drug-likeness (QED) is 0.823. The highest BCUT2D eigenvalue weighted by Gasteiger charge is 2.27. The molecular formula is C13H20N4O. The van der Waals surface area contributed by atoms with Crippen LogP contribution in [0.4, 0.5) is 0 Å². The zero-order valence-corrected chi connectivity index (χ0v) is 11.1. The van der Waals surface area contributed by atoms with Gasteiger partial charge in [0.15, 0.2) is 0 Å². The molecular weight excluding hydrogens is 228 g/mol. The SMILES string of the molecule is CC(C)(CO)Cn1nnc(CC#N)c1CC1CC1. The lowest BCUT2D eigenvalue weighted by molar-refractivity contribution is 0.134. The number of hydrogen-bond donors (Lipinski definition) is 1. The molecule has 0 aromatic carbocycles. The Labute approximate surface area is 107 Å². The summed E-state index contributed by atoms with van der Waals surface area (Å²) in [5, 5.41) is 26.4. The van der Waals surface area contributed by atoms with Crippen LogP contribution in [0.15, 0.2) is 0 Å². The third-order valence-corrected chi connectivity index (χ3v) is 3.35. The third kappa shape index (κ3) is 3.08. The fraction of sp³-hybridized carbons (Fsp3) is 0.769. The number of aromatic nitrogens is 3. The van der Waals surface area contributed by atoms with Gasteiger partial charge in [0, 0.05) is 12.0 Å². The van der Waals surface area contributed by atoms with Crippen LogP contribution in [0, 0.1) is 22.7 Å². The van der Waals surface area contributed by atoms with Gasteiger partial charge in [-0.25, -0.2) is 4.68 Å². The first-order valence-electron chi connectivity index (χ1n) is 6.45. The van der Waals surface area contributed by atoms with Crippen molar-refractivity contribution in [2.75, 3.05) is 6.61 Å². The molecule has 0 radical (unpaired) electrons. The van der Waals surface area contributed by atoms with E-state index in [2.05, 4.69) is 16.4 Å². The van der Waals surface area contributed by atoms with Gasteiger partial charge in [0.05, 0.1) is 30.4 Å². The number of nitrogens with zero attached hydrogens (tertiary/aromatic N) is 4. The van der Waals surface area contributed by atoms with Crippen molar-refractivity contribution in [2.45, 2.75) is 46.1 Å². The molecule has 0 amide bonds. The maximum atomic E-state index is 9.34. The lowest BCUT2D eigenvalue weighted by Gasteiger charge is -2.22. The normalized spacial score (nSPS) is 15.7. The number of hydrogen-bond acceptors (Lipinski definition) is 4. The summed E-state index contributed by atoms with van der Waals surface area (Å²) in [7, 11) is 0. The molecule has 1 saturated carbocycles. The standard InChI is InChI=1S/C13H20N4O/c1-13(2,9-18)8-17-12(7-10-3-4-10)11(5-6-14)15-16-17/h10,18H,3-5,7-9H2,1-2H3. The van der Waals surface area contributed by atoms with Crippen molar-refractivity contribution in [2.24, 2.45) is 11.3 Å². The van der Waals surface area contributed by atoms with Gasteiger partial charge in [0.1, 0.15) is 0 Å². The van der Waals surface area contributed by atoms with Gasteiger partial charge in [-0.1, -0.05) is 19.1 Å². The largest absolute Gasteiger partial charge is 0.396 e. The van der Waals surface area contributed by atoms with Crippen LogP contribution in [0.2, 0.25) is 0 Å². The molecule has 2 rings (SSSR count). The molecule has 0 unspecified atom stereocenters. The highest BCUT2D eigenvalue weighted by molar-refractivity contribution is 5.16. The van der Waals surface area contributed by atoms with Crippen molar-refractivity contribution in [1.82, 2.24) is 15.0 Å². The Morgan fingerprint density at radius 1 is 1.50 bits per heavy atom. The van der Waals surface area contributed by atoms with Crippen LogP contribution in [0.3, 0.4) is 0 Å². The van der Waals surface area contributed by atoms with Gasteiger partial charge >= 0.3 is 0 Å². The zero-order valence-electron chi connectivity index (χ0n) is 11.1. The summed E-state index contributed by atoms with van der Waals surface area (Å²) in [6.45, 7) is 4.76. The summed E-state index contributed by atoms with van der Waals surface area (Å²) in [6.07, 6.45) is 3.81. The van der Waals surface area contributed by atoms with E-state index >= 15 is 0 Å². The fourth-order valence-electron chi connectivity index (χ4n) is 1.98. The molecule has 5 heteroatoms. The lowest BCUT2D eigenvalue weighted by atomic mass is 9.95. The molecule has 0 atom stereocenters. The van der Waals surface area contributed by atoms with Crippen LogP contribution in [-0.4, -0.2) is 26.7 Å². The molecule has 1 heterocycles. The molecule has 1 aromatic rings. The Hall–Kier alpha value is -1.41. The van der Waals surface area contributed by atoms with Crippen molar-refractivity contribution in [3.8, 4) is 6.07 Å². The second-order valence-electron chi connectivity index (χ2n) is 5.95. The van der Waals surface area contributed by atoms with Gasteiger partial charge in [-0.05, 0) is 25.2 Å². The number of aliphatic hydroxyl groups is 1. The van der Waals surface area contributed by atoms with Crippen LogP contribution in [0.5, 0.6) is 0 Å². The van der Waals surface area contributed by atoms with Crippen LogP contribution in [0.25, 0.3) is 0 Å². The predicted octanol–water partition coefficient (Wildman–Crippen LogP) is 1.32. The molecule has 0 spiro atoms. The smallest absolute Gasteiger partial charge is 0.0999 e. The van der Waals surface area contributed by atoms with Gasteiger partial charge < -0.3 is 5.11 Å². The molecule has 0 aliphatic heterocycles. The Kier molecular flexibility index (Phi) is 3.67. The van der Waals surface area contributed by atoms with Crippen molar-refractivity contribution in [1.29, 1.82) is 5.26 Å². The van der Waals surface area contributed by atoms with Gasteiger partial charge in [0.2, 0.25) is 0 Å². The van der Waals surface area contributed by atoms with Gasteiger partial charge in [-0.3, -0.25) is 0 Å². The maximum absolute atomic E-state index is 9.34. The van der Waals surface area contributed by atoms with Crippen LogP contribution < -0.4 is 0 Å². The Bertz CT molecular complexity index is 454. The van der Waals surface area contributed by atoms with E-state index in [4.69, 9.17) is 5.26 Å². The Balaban J connectivity index is 2.20. The van der Waals surface area contributed by atoms with Crippen molar-refractivity contribution >= 4 is 0 Å². The minimum absolute atomic E-state index is 0.114. The topological polar surface area (TPSA) is 74.7 Å². The van der Waals surface area contributed by atoms with Crippen molar-refractivity contribution in [3.05, 3.63) is 11.4 Å². The molecule has 1 aliphatic rings. The fourth-order valence-corrected chi connectivity index (χ4v) is 1.98. The number of rotatable bonds is 6. The summed E-state index contributed by atoms with van der Waals surface area (Å²) in [4.78, 5) is 0. The van der Waals surface area contributed by atoms with Crippen LogP contribution in [0.1, 0.15) is 38.1 Å². The predicted molar refractivity (Wildman–Crippen MR) is 66.6 cm³/mol.